The number of rotatable bonds is 5. The molecule has 6 heteroatoms. The second-order valence-corrected chi connectivity index (χ2v) is 5.74. The second-order valence-electron chi connectivity index (χ2n) is 4.90. The Kier molecular flexibility index (Phi) is 5.53. The van der Waals surface area contributed by atoms with Crippen molar-refractivity contribution in [3.63, 3.8) is 0 Å². The Balaban J connectivity index is 2.34. The van der Waals surface area contributed by atoms with Crippen LogP contribution in [0.4, 0.5) is 0 Å². The first-order chi connectivity index (χ1) is 10.0. The Morgan fingerprint density at radius 1 is 1.24 bits per heavy atom. The summed E-state index contributed by atoms with van der Waals surface area (Å²) in [5, 5.41) is 9.61. The van der Waals surface area contributed by atoms with E-state index < -0.39 is 0 Å². The Labute approximate surface area is 134 Å². The van der Waals surface area contributed by atoms with Crippen molar-refractivity contribution in [1.82, 2.24) is 15.6 Å². The van der Waals surface area contributed by atoms with Gasteiger partial charge in [-0.3, -0.25) is 11.3 Å². The van der Waals surface area contributed by atoms with E-state index in [-0.39, 0.29) is 6.04 Å². The van der Waals surface area contributed by atoms with Crippen LogP contribution >= 0.6 is 23.2 Å². The third-order valence-electron chi connectivity index (χ3n) is 3.38. The van der Waals surface area contributed by atoms with Gasteiger partial charge in [0.2, 0.25) is 0 Å². The summed E-state index contributed by atoms with van der Waals surface area (Å²) >= 11 is 12.2. The lowest BCUT2D eigenvalue weighted by Crippen LogP contribution is -2.31. The van der Waals surface area contributed by atoms with Crippen molar-refractivity contribution in [1.29, 1.82) is 0 Å². The summed E-state index contributed by atoms with van der Waals surface area (Å²) in [6.45, 7) is 3.96. The van der Waals surface area contributed by atoms with Crippen LogP contribution in [-0.4, -0.2) is 10.2 Å². The monoisotopic (exact) mass is 324 g/mol. The SMILES string of the molecule is CCc1nnc(C)cc1C(Cc1ccc(Cl)cc1Cl)NN. The number of nitrogens with one attached hydrogen (secondary N) is 1. The van der Waals surface area contributed by atoms with Crippen molar-refractivity contribution < 1.29 is 0 Å². The van der Waals surface area contributed by atoms with Gasteiger partial charge in [-0.1, -0.05) is 36.2 Å². The van der Waals surface area contributed by atoms with E-state index in [9.17, 15) is 0 Å². The standard InChI is InChI=1S/C15H18Cl2N4/c1-3-14-12(6-9(2)20-21-14)15(19-18)7-10-4-5-11(16)8-13(10)17/h4-6,8,15,19H,3,7,18H2,1-2H3. The van der Waals surface area contributed by atoms with Crippen LogP contribution in [0.25, 0.3) is 0 Å². The smallest absolute Gasteiger partial charge is 0.0676 e. The molecule has 0 aliphatic rings. The van der Waals surface area contributed by atoms with Crippen LogP contribution in [0.2, 0.25) is 10.0 Å². The van der Waals surface area contributed by atoms with Gasteiger partial charge < -0.3 is 0 Å². The Bertz CT molecular complexity index is 631. The van der Waals surface area contributed by atoms with Crippen LogP contribution < -0.4 is 11.3 Å². The van der Waals surface area contributed by atoms with Crippen molar-refractivity contribution in [2.24, 2.45) is 5.84 Å². The third-order valence-corrected chi connectivity index (χ3v) is 3.96. The van der Waals surface area contributed by atoms with Gasteiger partial charge in [-0.2, -0.15) is 10.2 Å². The molecule has 112 valence electrons. The van der Waals surface area contributed by atoms with Gasteiger partial charge in [0, 0.05) is 10.0 Å². The maximum atomic E-state index is 6.24. The van der Waals surface area contributed by atoms with Gasteiger partial charge in [-0.05, 0) is 49.1 Å². The molecule has 0 fully saturated rings. The molecule has 1 atom stereocenters. The number of halogens is 2. The first-order valence-corrected chi connectivity index (χ1v) is 7.53. The summed E-state index contributed by atoms with van der Waals surface area (Å²) in [5.74, 6) is 5.74. The highest BCUT2D eigenvalue weighted by atomic mass is 35.5. The lowest BCUT2D eigenvalue weighted by atomic mass is 9.97. The summed E-state index contributed by atoms with van der Waals surface area (Å²) in [6, 6.07) is 7.42. The van der Waals surface area contributed by atoms with Gasteiger partial charge >= 0.3 is 0 Å². The number of hydrogen-bond donors (Lipinski definition) is 2. The van der Waals surface area contributed by atoms with Crippen molar-refractivity contribution in [3.05, 3.63) is 56.8 Å². The molecule has 0 aliphatic heterocycles. The molecule has 21 heavy (non-hydrogen) atoms. The van der Waals surface area contributed by atoms with Gasteiger partial charge in [-0.15, -0.1) is 0 Å². The minimum absolute atomic E-state index is 0.0761. The molecule has 0 spiro atoms. The third kappa shape index (κ3) is 3.92. The second kappa shape index (κ2) is 7.18. The highest BCUT2D eigenvalue weighted by Gasteiger charge is 2.17. The topological polar surface area (TPSA) is 63.8 Å². The maximum Gasteiger partial charge on any atom is 0.0676 e. The number of benzene rings is 1. The molecule has 1 heterocycles. The summed E-state index contributed by atoms with van der Waals surface area (Å²) in [5.41, 5.74) is 6.70. The number of hydrazine groups is 1. The molecule has 1 aromatic carbocycles. The van der Waals surface area contributed by atoms with Gasteiger partial charge in [-0.25, -0.2) is 0 Å². The van der Waals surface area contributed by atoms with Gasteiger partial charge in [0.15, 0.2) is 0 Å². The quantitative estimate of drug-likeness (QED) is 0.653. The number of aryl methyl sites for hydroxylation is 2. The zero-order chi connectivity index (χ0) is 15.4. The van der Waals surface area contributed by atoms with E-state index in [2.05, 4.69) is 15.6 Å². The van der Waals surface area contributed by atoms with Gasteiger partial charge in [0.05, 0.1) is 17.4 Å². The molecule has 2 rings (SSSR count). The summed E-state index contributed by atoms with van der Waals surface area (Å²) in [7, 11) is 0. The molecule has 1 unspecified atom stereocenters. The number of aromatic nitrogens is 2. The fourth-order valence-electron chi connectivity index (χ4n) is 2.28. The van der Waals surface area contributed by atoms with E-state index in [0.29, 0.717) is 16.5 Å². The van der Waals surface area contributed by atoms with Crippen LogP contribution in [0.1, 0.15) is 35.5 Å². The number of hydrogen-bond acceptors (Lipinski definition) is 4. The molecule has 3 N–H and O–H groups in total. The van der Waals surface area contributed by atoms with Crippen molar-refractivity contribution in [2.45, 2.75) is 32.7 Å². The zero-order valence-electron chi connectivity index (χ0n) is 12.0. The predicted octanol–water partition coefficient (Wildman–Crippen LogP) is 3.40. The molecular formula is C15H18Cl2N4. The predicted molar refractivity (Wildman–Crippen MR) is 86.4 cm³/mol. The largest absolute Gasteiger partial charge is 0.271 e. The minimum Gasteiger partial charge on any atom is -0.271 e. The Morgan fingerprint density at radius 3 is 2.62 bits per heavy atom. The fraction of sp³-hybridized carbons (Fsp3) is 0.333. The molecule has 2 aromatic rings. The molecule has 0 aliphatic carbocycles. The summed E-state index contributed by atoms with van der Waals surface area (Å²) in [6.07, 6.45) is 1.46. The van der Waals surface area contributed by atoms with Gasteiger partial charge in [0.1, 0.15) is 0 Å². The van der Waals surface area contributed by atoms with Crippen molar-refractivity contribution in [2.75, 3.05) is 0 Å². The van der Waals surface area contributed by atoms with Crippen LogP contribution in [0.15, 0.2) is 24.3 Å². The number of nitrogens with zero attached hydrogens (tertiary/aromatic N) is 2. The molecule has 0 amide bonds. The number of nitrogens with two attached hydrogens (primary N) is 1. The normalized spacial score (nSPS) is 12.4. The minimum atomic E-state index is -0.0761. The lowest BCUT2D eigenvalue weighted by molar-refractivity contribution is 0.542. The molecule has 0 radical (unpaired) electrons. The van der Waals surface area contributed by atoms with Crippen molar-refractivity contribution in [3.8, 4) is 0 Å². The van der Waals surface area contributed by atoms with E-state index in [1.54, 1.807) is 6.07 Å². The van der Waals surface area contributed by atoms with E-state index >= 15 is 0 Å². The van der Waals surface area contributed by atoms with Crippen LogP contribution in [0.5, 0.6) is 0 Å². The average molecular weight is 325 g/mol. The van der Waals surface area contributed by atoms with E-state index in [1.165, 1.54) is 0 Å². The molecule has 0 saturated carbocycles. The lowest BCUT2D eigenvalue weighted by Gasteiger charge is -2.19. The van der Waals surface area contributed by atoms with Crippen LogP contribution in [0, 0.1) is 6.92 Å². The Hall–Kier alpha value is -1.20. The Morgan fingerprint density at radius 2 is 2.00 bits per heavy atom. The molecule has 1 aromatic heterocycles. The summed E-state index contributed by atoms with van der Waals surface area (Å²) < 4.78 is 0. The molecule has 4 nitrogen and oxygen atoms in total. The highest BCUT2D eigenvalue weighted by molar-refractivity contribution is 6.35. The molecule has 0 saturated heterocycles. The van der Waals surface area contributed by atoms with Crippen LogP contribution in [0.3, 0.4) is 0 Å². The summed E-state index contributed by atoms with van der Waals surface area (Å²) in [4.78, 5) is 0. The first-order valence-electron chi connectivity index (χ1n) is 6.78. The van der Waals surface area contributed by atoms with Crippen molar-refractivity contribution >= 4 is 23.2 Å². The van der Waals surface area contributed by atoms with E-state index in [4.69, 9.17) is 29.0 Å². The zero-order valence-corrected chi connectivity index (χ0v) is 13.5. The average Bonchev–Trinajstić information content (AvgIpc) is 2.46. The molecular weight excluding hydrogens is 307 g/mol. The highest BCUT2D eigenvalue weighted by Crippen LogP contribution is 2.27. The van der Waals surface area contributed by atoms with E-state index in [0.717, 1.165) is 28.9 Å². The maximum absolute atomic E-state index is 6.24. The first kappa shape index (κ1) is 16.2. The van der Waals surface area contributed by atoms with Crippen LogP contribution in [-0.2, 0) is 12.8 Å². The fourth-order valence-corrected chi connectivity index (χ4v) is 2.76. The van der Waals surface area contributed by atoms with E-state index in [1.807, 2.05) is 32.0 Å². The molecule has 0 bridgehead atoms. The van der Waals surface area contributed by atoms with Gasteiger partial charge in [0.25, 0.3) is 0 Å².